The van der Waals surface area contributed by atoms with E-state index in [1.165, 1.54) is 49.3 Å². The van der Waals surface area contributed by atoms with Gasteiger partial charge in [0.1, 0.15) is 17.0 Å². The Morgan fingerprint density at radius 1 is 0.821 bits per heavy atom. The molecule has 4 bridgehead atoms. The number of rotatable bonds is 2. The van der Waals surface area contributed by atoms with Gasteiger partial charge in [-0.05, 0) is 68.4 Å². The summed E-state index contributed by atoms with van der Waals surface area (Å²) in [6, 6.07) is 14.8. The number of anilines is 1. The molecule has 8 rings (SSSR count). The van der Waals surface area contributed by atoms with E-state index >= 15 is 0 Å². The minimum Gasteiger partial charge on any atom is -0.364 e. The predicted octanol–water partition coefficient (Wildman–Crippen LogP) is 5.42. The van der Waals surface area contributed by atoms with Gasteiger partial charge in [0.25, 0.3) is 0 Å². The van der Waals surface area contributed by atoms with Crippen LogP contribution in [-0.2, 0) is 0 Å². The van der Waals surface area contributed by atoms with Crippen LogP contribution in [0.1, 0.15) is 38.5 Å². The number of aromatic nitrogens is 3. The van der Waals surface area contributed by atoms with Gasteiger partial charge in [0.05, 0.1) is 0 Å². The average Bonchev–Trinajstić information content (AvgIpc) is 3.06. The van der Waals surface area contributed by atoms with Crippen molar-refractivity contribution in [2.75, 3.05) is 5.32 Å². The van der Waals surface area contributed by atoms with Crippen molar-refractivity contribution in [2.45, 2.75) is 44.1 Å². The molecule has 4 nitrogen and oxygen atoms in total. The normalized spacial score (nSPS) is 31.2. The minimum absolute atomic E-state index is 0.249. The van der Waals surface area contributed by atoms with Gasteiger partial charge in [-0.15, -0.1) is 0 Å². The van der Waals surface area contributed by atoms with E-state index in [0.29, 0.717) is 0 Å². The summed E-state index contributed by atoms with van der Waals surface area (Å²) in [5.74, 6) is 3.81. The molecular formula is C24H24N4. The fraction of sp³-hybridized carbons (Fsp3) is 0.417. The maximum Gasteiger partial charge on any atom is 0.167 e. The summed E-state index contributed by atoms with van der Waals surface area (Å²) in [6.45, 7) is 0. The molecule has 0 saturated heterocycles. The van der Waals surface area contributed by atoms with Crippen LogP contribution < -0.4 is 5.32 Å². The van der Waals surface area contributed by atoms with Crippen molar-refractivity contribution in [3.8, 4) is 0 Å². The molecular weight excluding hydrogens is 344 g/mol. The molecule has 0 amide bonds. The van der Waals surface area contributed by atoms with Crippen molar-refractivity contribution in [2.24, 2.45) is 17.8 Å². The number of fused-ring (bicyclic) bond motifs is 5. The van der Waals surface area contributed by atoms with E-state index in [0.717, 1.165) is 40.4 Å². The van der Waals surface area contributed by atoms with Gasteiger partial charge >= 0.3 is 0 Å². The van der Waals surface area contributed by atoms with Crippen LogP contribution in [0.2, 0.25) is 0 Å². The molecule has 0 atom stereocenters. The van der Waals surface area contributed by atoms with Crippen LogP contribution >= 0.6 is 0 Å². The zero-order chi connectivity index (χ0) is 18.3. The minimum atomic E-state index is 0.249. The van der Waals surface area contributed by atoms with Crippen LogP contribution in [0.25, 0.3) is 27.6 Å². The van der Waals surface area contributed by atoms with Crippen LogP contribution in [0.15, 0.2) is 48.7 Å². The smallest absolute Gasteiger partial charge is 0.167 e. The molecule has 0 unspecified atom stereocenters. The molecule has 140 valence electrons. The monoisotopic (exact) mass is 368 g/mol. The van der Waals surface area contributed by atoms with E-state index in [1.807, 2.05) is 6.07 Å². The number of pyridine rings is 2. The Hall–Kier alpha value is -2.62. The molecule has 4 fully saturated rings. The Balaban J connectivity index is 1.44. The first-order valence-corrected chi connectivity index (χ1v) is 10.7. The van der Waals surface area contributed by atoms with Gasteiger partial charge < -0.3 is 5.32 Å². The van der Waals surface area contributed by atoms with Crippen molar-refractivity contribution in [1.29, 1.82) is 0 Å². The number of benzene rings is 1. The summed E-state index contributed by atoms with van der Waals surface area (Å²) in [5, 5.41) is 6.42. The van der Waals surface area contributed by atoms with E-state index in [-0.39, 0.29) is 5.54 Å². The quantitative estimate of drug-likeness (QED) is 0.514. The molecule has 1 aromatic carbocycles. The lowest BCUT2D eigenvalue weighted by Gasteiger charge is -2.57. The van der Waals surface area contributed by atoms with Crippen LogP contribution in [0.4, 0.5) is 5.82 Å². The van der Waals surface area contributed by atoms with E-state index in [1.54, 1.807) is 0 Å². The second kappa shape index (κ2) is 5.25. The SMILES string of the molecule is c1ccc2c(c1)c(NC13CC4CC(CC(C4)C1)C3)nc1c2nc2ccccn21. The van der Waals surface area contributed by atoms with Crippen molar-refractivity contribution >= 4 is 33.4 Å². The first-order chi connectivity index (χ1) is 13.8. The second-order valence-corrected chi connectivity index (χ2v) is 9.54. The maximum absolute atomic E-state index is 5.16. The molecule has 1 N–H and O–H groups in total. The van der Waals surface area contributed by atoms with Crippen molar-refractivity contribution in [3.05, 3.63) is 48.7 Å². The van der Waals surface area contributed by atoms with Gasteiger partial charge in [0, 0.05) is 22.5 Å². The van der Waals surface area contributed by atoms with Crippen LogP contribution in [0, 0.1) is 17.8 Å². The van der Waals surface area contributed by atoms with Gasteiger partial charge in [0.2, 0.25) is 0 Å². The molecule has 4 heteroatoms. The lowest BCUT2D eigenvalue weighted by molar-refractivity contribution is 0.0106. The van der Waals surface area contributed by atoms with Gasteiger partial charge in [0.15, 0.2) is 5.65 Å². The number of imidazole rings is 1. The fourth-order valence-electron chi connectivity index (χ4n) is 6.94. The van der Waals surface area contributed by atoms with E-state index in [9.17, 15) is 0 Å². The molecule has 3 heterocycles. The third-order valence-corrected chi connectivity index (χ3v) is 7.58. The zero-order valence-electron chi connectivity index (χ0n) is 15.9. The largest absolute Gasteiger partial charge is 0.364 e. The Morgan fingerprint density at radius 2 is 1.50 bits per heavy atom. The van der Waals surface area contributed by atoms with Gasteiger partial charge in [-0.3, -0.25) is 4.40 Å². The molecule has 3 aromatic heterocycles. The Morgan fingerprint density at radius 3 is 2.25 bits per heavy atom. The summed E-state index contributed by atoms with van der Waals surface area (Å²) < 4.78 is 2.12. The molecule has 0 aliphatic heterocycles. The summed E-state index contributed by atoms with van der Waals surface area (Å²) in [5.41, 5.74) is 3.17. The summed E-state index contributed by atoms with van der Waals surface area (Å²) in [6.07, 6.45) is 10.4. The zero-order valence-corrected chi connectivity index (χ0v) is 15.9. The highest BCUT2D eigenvalue weighted by Crippen LogP contribution is 2.56. The molecule has 4 saturated carbocycles. The third kappa shape index (κ3) is 2.06. The first kappa shape index (κ1) is 15.3. The lowest BCUT2D eigenvalue weighted by atomic mass is 9.53. The summed E-state index contributed by atoms with van der Waals surface area (Å²) >= 11 is 0. The fourth-order valence-corrected chi connectivity index (χ4v) is 6.94. The lowest BCUT2D eigenvalue weighted by Crippen LogP contribution is -2.54. The van der Waals surface area contributed by atoms with Gasteiger partial charge in [-0.2, -0.15) is 0 Å². The highest BCUT2D eigenvalue weighted by molar-refractivity contribution is 6.08. The van der Waals surface area contributed by atoms with Gasteiger partial charge in [-0.25, -0.2) is 9.97 Å². The Labute approximate surface area is 164 Å². The average molecular weight is 368 g/mol. The topological polar surface area (TPSA) is 42.2 Å². The molecule has 28 heavy (non-hydrogen) atoms. The highest BCUT2D eigenvalue weighted by atomic mass is 15.1. The number of nitrogens with one attached hydrogen (secondary N) is 1. The van der Waals surface area contributed by atoms with E-state index in [2.05, 4.69) is 52.3 Å². The Bertz CT molecular complexity index is 1200. The number of hydrogen-bond donors (Lipinski definition) is 1. The summed E-state index contributed by atoms with van der Waals surface area (Å²) in [4.78, 5) is 10.0. The Kier molecular flexibility index (Phi) is 2.87. The van der Waals surface area contributed by atoms with Crippen LogP contribution in [0.5, 0.6) is 0 Å². The van der Waals surface area contributed by atoms with E-state index in [4.69, 9.17) is 9.97 Å². The van der Waals surface area contributed by atoms with Crippen molar-refractivity contribution in [3.63, 3.8) is 0 Å². The van der Waals surface area contributed by atoms with Crippen LogP contribution in [0.3, 0.4) is 0 Å². The molecule has 0 spiro atoms. The predicted molar refractivity (Wildman–Crippen MR) is 113 cm³/mol. The molecule has 4 aromatic rings. The first-order valence-electron chi connectivity index (χ1n) is 10.7. The maximum atomic E-state index is 5.16. The molecule has 4 aliphatic carbocycles. The number of nitrogens with zero attached hydrogens (tertiary/aromatic N) is 3. The third-order valence-electron chi connectivity index (χ3n) is 7.58. The van der Waals surface area contributed by atoms with Crippen LogP contribution in [-0.4, -0.2) is 19.9 Å². The van der Waals surface area contributed by atoms with Gasteiger partial charge in [-0.1, -0.05) is 30.3 Å². The number of hydrogen-bond acceptors (Lipinski definition) is 3. The molecule has 4 aliphatic rings. The van der Waals surface area contributed by atoms with E-state index < -0.39 is 0 Å². The standard InChI is InChI=1S/C24H24N4/c1-2-6-19-18(5-1)21-23(28-8-4-3-7-20(28)25-21)26-22(19)27-24-12-15-9-16(13-24)11-17(10-15)14-24/h1-8,15-17H,9-14H2,(H,26,27). The van der Waals surface area contributed by atoms with Crippen molar-refractivity contribution < 1.29 is 0 Å². The highest BCUT2D eigenvalue weighted by Gasteiger charge is 2.51. The molecule has 0 radical (unpaired) electrons. The second-order valence-electron chi connectivity index (χ2n) is 9.54. The van der Waals surface area contributed by atoms with Crippen molar-refractivity contribution in [1.82, 2.24) is 14.4 Å². The summed E-state index contributed by atoms with van der Waals surface area (Å²) in [7, 11) is 0.